The van der Waals surface area contributed by atoms with Crippen LogP contribution in [0.1, 0.15) is 13.3 Å². The monoisotopic (exact) mass is 271 g/mol. The number of nitrogens with two attached hydrogens (primary N) is 1. The lowest BCUT2D eigenvalue weighted by atomic mass is 10.4. The number of hydrazine groups is 1. The van der Waals surface area contributed by atoms with E-state index in [-0.39, 0.29) is 19.5 Å². The molecule has 10 heteroatoms. The van der Waals surface area contributed by atoms with Crippen LogP contribution in [0.2, 0.25) is 0 Å². The zero-order valence-corrected chi connectivity index (χ0v) is 10.2. The summed E-state index contributed by atoms with van der Waals surface area (Å²) in [6, 6.07) is 0. The van der Waals surface area contributed by atoms with Crippen LogP contribution in [0.5, 0.6) is 0 Å². The molecule has 0 saturated heterocycles. The second kappa shape index (κ2) is 5.91. The third-order valence-electron chi connectivity index (χ3n) is 2.48. The summed E-state index contributed by atoms with van der Waals surface area (Å²) in [6.07, 6.45) is 0.667. The van der Waals surface area contributed by atoms with Crippen molar-refractivity contribution in [3.8, 4) is 0 Å². The molecular formula is C9H13N5O5. The molecule has 0 aromatic carbocycles. The molecule has 0 aliphatic carbocycles. The predicted octanol–water partition coefficient (Wildman–Crippen LogP) is -1.68. The van der Waals surface area contributed by atoms with E-state index in [0.717, 1.165) is 10.8 Å². The lowest BCUT2D eigenvalue weighted by Gasteiger charge is -2.07. The van der Waals surface area contributed by atoms with E-state index < -0.39 is 27.8 Å². The first-order valence-electron chi connectivity index (χ1n) is 5.40. The van der Waals surface area contributed by atoms with E-state index in [2.05, 4.69) is 0 Å². The molecule has 3 N–H and O–H groups in total. The Morgan fingerprint density at radius 2 is 2.16 bits per heavy atom. The van der Waals surface area contributed by atoms with Crippen molar-refractivity contribution in [2.75, 3.05) is 0 Å². The van der Waals surface area contributed by atoms with Crippen molar-refractivity contribution < 1.29 is 9.72 Å². The Kier molecular flexibility index (Phi) is 4.53. The maximum absolute atomic E-state index is 11.8. The van der Waals surface area contributed by atoms with Crippen LogP contribution in [0, 0.1) is 10.1 Å². The third-order valence-corrected chi connectivity index (χ3v) is 2.48. The molecule has 10 nitrogen and oxygen atoms in total. The van der Waals surface area contributed by atoms with Crippen LogP contribution in [-0.2, 0) is 17.9 Å². The van der Waals surface area contributed by atoms with Gasteiger partial charge in [-0.2, -0.15) is 0 Å². The molecule has 0 aliphatic heterocycles. The summed E-state index contributed by atoms with van der Waals surface area (Å²) < 4.78 is 1.68. The van der Waals surface area contributed by atoms with Crippen LogP contribution in [0.3, 0.4) is 0 Å². The molecule has 1 aromatic rings. The highest BCUT2D eigenvalue weighted by Gasteiger charge is 2.19. The number of carbonyl (C=O) groups excluding carboxylic acids is 1. The van der Waals surface area contributed by atoms with Crippen LogP contribution in [0.4, 0.5) is 5.69 Å². The number of amides is 1. The average molecular weight is 271 g/mol. The number of nitro groups is 1. The predicted molar refractivity (Wildman–Crippen MR) is 64.2 cm³/mol. The first kappa shape index (κ1) is 14.6. The first-order chi connectivity index (χ1) is 8.92. The molecule has 1 heterocycles. The standard InChI is InChI=1S/C9H13N5O5/c1-2-12-5-6(14(18)19)8(16)13(9(12)17)4-3-7(15)11-10/h5H,2-4,10H2,1H3,(H,11,15). The number of nitrogens with one attached hydrogen (secondary N) is 1. The summed E-state index contributed by atoms with van der Waals surface area (Å²) in [5.41, 5.74) is -0.613. The third kappa shape index (κ3) is 3.04. The number of carbonyl (C=O) groups is 1. The van der Waals surface area contributed by atoms with Gasteiger partial charge in [-0.05, 0) is 6.92 Å². The highest BCUT2D eigenvalue weighted by molar-refractivity contribution is 5.75. The maximum Gasteiger partial charge on any atom is 0.350 e. The Bertz CT molecular complexity index is 616. The molecule has 0 radical (unpaired) electrons. The van der Waals surface area contributed by atoms with E-state index in [0.29, 0.717) is 4.57 Å². The molecule has 0 atom stereocenters. The number of hydrogen-bond acceptors (Lipinski definition) is 6. The molecule has 0 fully saturated rings. The van der Waals surface area contributed by atoms with Gasteiger partial charge in [0.2, 0.25) is 5.91 Å². The molecule has 0 spiro atoms. The number of aryl methyl sites for hydroxylation is 1. The second-order valence-corrected chi connectivity index (χ2v) is 3.61. The fourth-order valence-electron chi connectivity index (χ4n) is 1.47. The van der Waals surface area contributed by atoms with E-state index in [4.69, 9.17) is 5.84 Å². The van der Waals surface area contributed by atoms with Crippen molar-refractivity contribution in [1.82, 2.24) is 14.6 Å². The fourth-order valence-corrected chi connectivity index (χ4v) is 1.47. The normalized spacial score (nSPS) is 10.2. The maximum atomic E-state index is 11.8. The van der Waals surface area contributed by atoms with Gasteiger partial charge in [0.1, 0.15) is 0 Å². The summed E-state index contributed by atoms with van der Waals surface area (Å²) in [6.45, 7) is 1.50. The van der Waals surface area contributed by atoms with Crippen LogP contribution in [0.25, 0.3) is 0 Å². The number of rotatable bonds is 5. The molecule has 0 aliphatic rings. The lowest BCUT2D eigenvalue weighted by Crippen LogP contribution is -2.41. The molecule has 1 aromatic heterocycles. The van der Waals surface area contributed by atoms with Gasteiger partial charge >= 0.3 is 16.9 Å². The van der Waals surface area contributed by atoms with Crippen molar-refractivity contribution in [2.24, 2.45) is 5.84 Å². The van der Waals surface area contributed by atoms with Crippen molar-refractivity contribution >= 4 is 11.6 Å². The van der Waals surface area contributed by atoms with Crippen molar-refractivity contribution in [2.45, 2.75) is 26.4 Å². The van der Waals surface area contributed by atoms with Crippen LogP contribution >= 0.6 is 0 Å². The second-order valence-electron chi connectivity index (χ2n) is 3.61. The Balaban J connectivity index is 3.32. The summed E-state index contributed by atoms with van der Waals surface area (Å²) in [7, 11) is 0. The SMILES string of the molecule is CCn1cc([N+](=O)[O-])c(=O)n(CCC(=O)NN)c1=O. The topological polar surface area (TPSA) is 142 Å². The molecule has 0 saturated carbocycles. The van der Waals surface area contributed by atoms with Crippen molar-refractivity contribution in [3.63, 3.8) is 0 Å². The number of hydrogen-bond donors (Lipinski definition) is 2. The first-order valence-corrected chi connectivity index (χ1v) is 5.40. The molecule has 19 heavy (non-hydrogen) atoms. The molecule has 0 unspecified atom stereocenters. The molecule has 1 rings (SSSR count). The summed E-state index contributed by atoms with van der Waals surface area (Å²) in [5.74, 6) is 4.29. The highest BCUT2D eigenvalue weighted by Crippen LogP contribution is 2.00. The van der Waals surface area contributed by atoms with Gasteiger partial charge < -0.3 is 0 Å². The van der Waals surface area contributed by atoms with Gasteiger partial charge in [0.15, 0.2) is 0 Å². The van der Waals surface area contributed by atoms with E-state index in [1.165, 1.54) is 0 Å². The minimum atomic E-state index is -1.04. The number of nitrogens with zero attached hydrogens (tertiary/aromatic N) is 3. The van der Waals surface area contributed by atoms with Gasteiger partial charge in [-0.1, -0.05) is 0 Å². The zero-order chi connectivity index (χ0) is 14.6. The minimum Gasteiger partial charge on any atom is -0.294 e. The van der Waals surface area contributed by atoms with Crippen LogP contribution in [-0.4, -0.2) is 20.0 Å². The molecule has 104 valence electrons. The van der Waals surface area contributed by atoms with Crippen LogP contribution < -0.4 is 22.5 Å². The number of aromatic nitrogens is 2. The average Bonchev–Trinajstić information content (AvgIpc) is 2.38. The Hall–Kier alpha value is -2.49. The summed E-state index contributed by atoms with van der Waals surface area (Å²) >= 11 is 0. The minimum absolute atomic E-state index is 0.170. The van der Waals surface area contributed by atoms with Gasteiger partial charge in [0.05, 0.1) is 11.1 Å². The highest BCUT2D eigenvalue weighted by atomic mass is 16.6. The quantitative estimate of drug-likeness (QED) is 0.283. The van der Waals surface area contributed by atoms with E-state index in [1.54, 1.807) is 6.92 Å². The van der Waals surface area contributed by atoms with E-state index in [9.17, 15) is 24.5 Å². The molecule has 0 bridgehead atoms. The Labute approximate surface area is 106 Å². The zero-order valence-electron chi connectivity index (χ0n) is 10.2. The van der Waals surface area contributed by atoms with Gasteiger partial charge in [-0.3, -0.25) is 34.3 Å². The molecule has 1 amide bonds. The van der Waals surface area contributed by atoms with Crippen LogP contribution in [0.15, 0.2) is 15.8 Å². The van der Waals surface area contributed by atoms with Crippen molar-refractivity contribution in [1.29, 1.82) is 0 Å². The summed E-state index contributed by atoms with van der Waals surface area (Å²) in [4.78, 5) is 44.4. The molecular weight excluding hydrogens is 258 g/mol. The Morgan fingerprint density at radius 3 is 2.63 bits per heavy atom. The van der Waals surface area contributed by atoms with Gasteiger partial charge in [-0.15, -0.1) is 0 Å². The van der Waals surface area contributed by atoms with E-state index >= 15 is 0 Å². The van der Waals surface area contributed by atoms with Crippen molar-refractivity contribution in [3.05, 3.63) is 37.1 Å². The summed E-state index contributed by atoms with van der Waals surface area (Å²) in [5, 5.41) is 10.7. The van der Waals surface area contributed by atoms with E-state index in [1.807, 2.05) is 5.43 Å². The van der Waals surface area contributed by atoms with Gasteiger partial charge in [0.25, 0.3) is 0 Å². The smallest absolute Gasteiger partial charge is 0.294 e. The van der Waals surface area contributed by atoms with Gasteiger partial charge in [0, 0.05) is 19.5 Å². The fraction of sp³-hybridized carbons (Fsp3) is 0.444. The lowest BCUT2D eigenvalue weighted by molar-refractivity contribution is -0.387. The largest absolute Gasteiger partial charge is 0.350 e. The van der Waals surface area contributed by atoms with Gasteiger partial charge in [-0.25, -0.2) is 10.6 Å². The Morgan fingerprint density at radius 1 is 1.53 bits per heavy atom.